The maximum Gasteiger partial charge on any atom is 0.277 e. The van der Waals surface area contributed by atoms with Gasteiger partial charge in [0.15, 0.2) is 4.34 Å². The summed E-state index contributed by atoms with van der Waals surface area (Å²) in [5, 5.41) is 12.2. The minimum atomic E-state index is -0.306. The lowest BCUT2D eigenvalue weighted by Gasteiger charge is -2.02. The molecule has 0 saturated carbocycles. The van der Waals surface area contributed by atoms with Crippen LogP contribution in [0.3, 0.4) is 0 Å². The number of hydrogen-bond acceptors (Lipinski definition) is 7. The molecule has 4 aromatic rings. The van der Waals surface area contributed by atoms with E-state index in [1.54, 1.807) is 12.1 Å². The van der Waals surface area contributed by atoms with Gasteiger partial charge in [-0.2, -0.15) is 0 Å². The number of benzene rings is 2. The Morgan fingerprint density at radius 1 is 1.07 bits per heavy atom. The number of aromatic nitrogens is 3. The fraction of sp³-hybridized carbons (Fsp3) is 0.100. The molecular weight excluding hydrogens is 427 g/mol. The van der Waals surface area contributed by atoms with Gasteiger partial charge in [-0.25, -0.2) is 9.37 Å². The van der Waals surface area contributed by atoms with E-state index >= 15 is 0 Å². The predicted molar refractivity (Wildman–Crippen MR) is 116 cm³/mol. The normalized spacial score (nSPS) is 10.8. The van der Waals surface area contributed by atoms with Crippen molar-refractivity contribution in [3.8, 4) is 10.4 Å². The number of carbonyl (C=O) groups excluding carboxylic acids is 1. The van der Waals surface area contributed by atoms with Gasteiger partial charge in [-0.15, -0.1) is 21.5 Å². The number of halogens is 1. The van der Waals surface area contributed by atoms with E-state index in [0.717, 1.165) is 25.4 Å². The number of anilines is 1. The molecule has 0 unspecified atom stereocenters. The molecule has 29 heavy (non-hydrogen) atoms. The monoisotopic (exact) mass is 442 g/mol. The Balaban J connectivity index is 1.44. The van der Waals surface area contributed by atoms with Gasteiger partial charge < -0.3 is 0 Å². The lowest BCUT2D eigenvalue weighted by Crippen LogP contribution is -2.13. The third-order valence-electron chi connectivity index (χ3n) is 3.89. The van der Waals surface area contributed by atoms with Gasteiger partial charge in [0.2, 0.25) is 5.13 Å². The molecule has 0 aliphatic carbocycles. The first-order valence-corrected chi connectivity index (χ1v) is 11.3. The van der Waals surface area contributed by atoms with Crippen molar-refractivity contribution in [3.05, 3.63) is 76.7 Å². The van der Waals surface area contributed by atoms with Crippen LogP contribution in [0.25, 0.3) is 10.4 Å². The molecule has 5 nitrogen and oxygen atoms in total. The maximum atomic E-state index is 13.0. The molecule has 2 aromatic carbocycles. The minimum absolute atomic E-state index is 0.258. The fourth-order valence-corrected chi connectivity index (χ4v) is 5.19. The average molecular weight is 443 g/mol. The highest BCUT2D eigenvalue weighted by Crippen LogP contribution is 2.32. The quantitative estimate of drug-likeness (QED) is 0.309. The molecule has 0 fully saturated rings. The first-order valence-electron chi connectivity index (χ1n) is 8.63. The molecule has 0 aliphatic rings. The van der Waals surface area contributed by atoms with Crippen molar-refractivity contribution in [2.45, 2.75) is 17.0 Å². The van der Waals surface area contributed by atoms with Gasteiger partial charge in [0.05, 0.1) is 9.88 Å². The zero-order valence-corrected chi connectivity index (χ0v) is 17.7. The van der Waals surface area contributed by atoms with Crippen molar-refractivity contribution in [2.75, 3.05) is 5.32 Å². The van der Waals surface area contributed by atoms with Gasteiger partial charge in [0.1, 0.15) is 11.5 Å². The van der Waals surface area contributed by atoms with Crippen molar-refractivity contribution < 1.29 is 9.18 Å². The Labute approximate surface area is 179 Å². The van der Waals surface area contributed by atoms with Crippen LogP contribution >= 0.6 is 34.4 Å². The Bertz CT molecular complexity index is 1130. The highest BCUT2D eigenvalue weighted by atomic mass is 32.2. The number of nitrogens with one attached hydrogen (secondary N) is 1. The topological polar surface area (TPSA) is 67.8 Å². The zero-order chi connectivity index (χ0) is 20.2. The van der Waals surface area contributed by atoms with Gasteiger partial charge in [0.25, 0.3) is 5.91 Å². The molecule has 0 saturated heterocycles. The molecule has 0 spiro atoms. The van der Waals surface area contributed by atoms with Gasteiger partial charge >= 0.3 is 0 Å². The van der Waals surface area contributed by atoms with E-state index in [2.05, 4.69) is 20.5 Å². The Morgan fingerprint density at radius 2 is 1.83 bits per heavy atom. The van der Waals surface area contributed by atoms with E-state index in [1.165, 1.54) is 46.6 Å². The summed E-state index contributed by atoms with van der Waals surface area (Å²) in [5.41, 5.74) is 2.33. The van der Waals surface area contributed by atoms with Crippen molar-refractivity contribution in [1.82, 2.24) is 15.2 Å². The Kier molecular flexibility index (Phi) is 5.98. The van der Waals surface area contributed by atoms with E-state index < -0.39 is 0 Å². The maximum absolute atomic E-state index is 13.0. The minimum Gasteiger partial charge on any atom is -0.295 e. The Morgan fingerprint density at radius 3 is 2.59 bits per heavy atom. The molecule has 2 heterocycles. The summed E-state index contributed by atoms with van der Waals surface area (Å²) in [6.45, 7) is 1.88. The van der Waals surface area contributed by atoms with E-state index in [-0.39, 0.29) is 11.7 Å². The summed E-state index contributed by atoms with van der Waals surface area (Å²) in [5.74, 6) is 0.0815. The van der Waals surface area contributed by atoms with Crippen LogP contribution in [0, 0.1) is 12.7 Å². The van der Waals surface area contributed by atoms with E-state index in [1.807, 2.05) is 37.3 Å². The Hall–Kier alpha value is -2.62. The lowest BCUT2D eigenvalue weighted by atomic mass is 10.1. The third kappa shape index (κ3) is 4.87. The first kappa shape index (κ1) is 19.7. The second kappa shape index (κ2) is 8.81. The summed E-state index contributed by atoms with van der Waals surface area (Å²) in [6.07, 6.45) is 0. The predicted octanol–water partition coefficient (Wildman–Crippen LogP) is 5.65. The summed E-state index contributed by atoms with van der Waals surface area (Å²) in [6, 6.07) is 16.1. The standard InChI is InChI=1S/C20H15FN4OS3/c1-12-22-16(17(28-12)14-5-3-2-4-6-14)18(26)23-19-24-25-20(29-19)27-11-13-7-9-15(21)10-8-13/h2-10H,11H2,1H3,(H,23,24,26). The number of amides is 1. The van der Waals surface area contributed by atoms with Crippen molar-refractivity contribution >= 4 is 45.5 Å². The number of carbonyl (C=O) groups is 1. The summed E-state index contributed by atoms with van der Waals surface area (Å²) in [7, 11) is 0. The molecule has 1 amide bonds. The van der Waals surface area contributed by atoms with Crippen LogP contribution < -0.4 is 5.32 Å². The van der Waals surface area contributed by atoms with Gasteiger partial charge in [-0.05, 0) is 30.2 Å². The van der Waals surface area contributed by atoms with Crippen LogP contribution in [-0.2, 0) is 5.75 Å². The average Bonchev–Trinajstić information content (AvgIpc) is 3.34. The van der Waals surface area contributed by atoms with Crippen LogP contribution in [0.4, 0.5) is 9.52 Å². The third-order valence-corrected chi connectivity index (χ3v) is 6.95. The van der Waals surface area contributed by atoms with Crippen LogP contribution in [0.5, 0.6) is 0 Å². The smallest absolute Gasteiger partial charge is 0.277 e. The molecule has 0 radical (unpaired) electrons. The SMILES string of the molecule is Cc1nc(C(=O)Nc2nnc(SCc3ccc(F)cc3)s2)c(-c2ccccc2)s1. The first-order chi connectivity index (χ1) is 14.1. The highest BCUT2D eigenvalue weighted by molar-refractivity contribution is 8.00. The molecular formula is C20H15FN4OS3. The molecule has 4 rings (SSSR count). The molecule has 2 aromatic heterocycles. The lowest BCUT2D eigenvalue weighted by molar-refractivity contribution is 0.102. The number of rotatable bonds is 6. The summed E-state index contributed by atoms with van der Waals surface area (Å²) >= 11 is 4.26. The van der Waals surface area contributed by atoms with Gasteiger partial charge in [-0.1, -0.05) is 65.6 Å². The molecule has 0 bridgehead atoms. The van der Waals surface area contributed by atoms with Crippen molar-refractivity contribution in [3.63, 3.8) is 0 Å². The van der Waals surface area contributed by atoms with Gasteiger partial charge in [0, 0.05) is 5.75 Å². The fourth-order valence-electron chi connectivity index (χ4n) is 2.57. The molecule has 1 N–H and O–H groups in total. The second-order valence-electron chi connectivity index (χ2n) is 6.02. The largest absolute Gasteiger partial charge is 0.295 e. The van der Waals surface area contributed by atoms with Crippen molar-refractivity contribution in [2.24, 2.45) is 0 Å². The molecule has 9 heteroatoms. The van der Waals surface area contributed by atoms with E-state index in [9.17, 15) is 9.18 Å². The molecule has 0 aliphatic heterocycles. The highest BCUT2D eigenvalue weighted by Gasteiger charge is 2.19. The number of aryl methyl sites for hydroxylation is 1. The number of thiazole rings is 1. The van der Waals surface area contributed by atoms with Crippen LogP contribution in [0.2, 0.25) is 0 Å². The number of thioether (sulfide) groups is 1. The van der Waals surface area contributed by atoms with E-state index in [4.69, 9.17) is 0 Å². The molecule has 146 valence electrons. The summed E-state index contributed by atoms with van der Waals surface area (Å²) in [4.78, 5) is 18.0. The van der Waals surface area contributed by atoms with Crippen LogP contribution in [0.1, 0.15) is 21.1 Å². The van der Waals surface area contributed by atoms with Crippen molar-refractivity contribution in [1.29, 1.82) is 0 Å². The van der Waals surface area contributed by atoms with Crippen LogP contribution in [-0.4, -0.2) is 21.1 Å². The second-order valence-corrected chi connectivity index (χ2v) is 9.42. The van der Waals surface area contributed by atoms with Gasteiger partial charge in [-0.3, -0.25) is 10.1 Å². The zero-order valence-electron chi connectivity index (χ0n) is 15.3. The van der Waals surface area contributed by atoms with Crippen LogP contribution in [0.15, 0.2) is 58.9 Å². The van der Waals surface area contributed by atoms with E-state index in [0.29, 0.717) is 16.6 Å². The summed E-state index contributed by atoms with van der Waals surface area (Å²) < 4.78 is 13.7. The molecule has 0 atom stereocenters. The number of nitrogens with zero attached hydrogens (tertiary/aromatic N) is 3. The number of hydrogen-bond donors (Lipinski definition) is 1.